The van der Waals surface area contributed by atoms with Crippen molar-refractivity contribution in [2.75, 3.05) is 11.5 Å². The first-order valence-electron chi connectivity index (χ1n) is 13.0. The SMILES string of the molecule is CCOC(=O)C1=C(N)Oc2cc(C)oc(=O)c2C12C(=O)N1c3c(cccc32)C(C)(c2ccccc2)CC1(C)C. The summed E-state index contributed by atoms with van der Waals surface area (Å²) in [5.74, 6) is -1.19. The standard InChI is InChI=1S/C31H30N2O6/c1-6-37-26(34)23-25(32)39-21-15-17(2)38-27(35)22(21)31(23)20-14-10-13-19-24(20)33(28(31)36)29(3,4)16-30(19,5)18-11-8-7-9-12-18/h7-15H,6,16,32H2,1-5H3. The summed E-state index contributed by atoms with van der Waals surface area (Å²) in [7, 11) is 0. The minimum Gasteiger partial charge on any atom is -0.462 e. The summed E-state index contributed by atoms with van der Waals surface area (Å²) in [6.07, 6.45) is 0.599. The lowest BCUT2D eigenvalue weighted by molar-refractivity contribution is -0.141. The molecule has 1 aromatic heterocycles. The van der Waals surface area contributed by atoms with Gasteiger partial charge in [-0.15, -0.1) is 0 Å². The van der Waals surface area contributed by atoms with Gasteiger partial charge in [-0.1, -0.05) is 55.5 Å². The van der Waals surface area contributed by atoms with E-state index in [-0.39, 0.29) is 29.4 Å². The number of fused-ring (bicyclic) bond motifs is 3. The number of nitrogens with two attached hydrogens (primary N) is 1. The Balaban J connectivity index is 1.77. The highest BCUT2D eigenvalue weighted by molar-refractivity contribution is 6.20. The number of anilines is 1. The number of hydrogen-bond acceptors (Lipinski definition) is 7. The third kappa shape index (κ3) is 3.08. The Hall–Kier alpha value is -4.33. The van der Waals surface area contributed by atoms with E-state index in [2.05, 4.69) is 19.1 Å². The molecule has 8 nitrogen and oxygen atoms in total. The van der Waals surface area contributed by atoms with Gasteiger partial charge in [0.2, 0.25) is 11.8 Å². The molecule has 3 aliphatic rings. The van der Waals surface area contributed by atoms with E-state index in [9.17, 15) is 14.4 Å². The molecular formula is C31H30N2O6. The van der Waals surface area contributed by atoms with Crippen molar-refractivity contribution in [3.8, 4) is 5.75 Å². The first kappa shape index (κ1) is 25.0. The maximum Gasteiger partial charge on any atom is 0.344 e. The van der Waals surface area contributed by atoms with E-state index >= 15 is 0 Å². The zero-order valence-electron chi connectivity index (χ0n) is 22.6. The number of carbonyl (C=O) groups is 2. The van der Waals surface area contributed by atoms with Crippen LogP contribution in [0.5, 0.6) is 5.75 Å². The fraction of sp³-hybridized carbons (Fsp3) is 0.323. The van der Waals surface area contributed by atoms with Gasteiger partial charge in [0.1, 0.15) is 28.1 Å². The third-order valence-electron chi connectivity index (χ3n) is 8.32. The van der Waals surface area contributed by atoms with E-state index in [0.717, 1.165) is 11.1 Å². The van der Waals surface area contributed by atoms with Crippen LogP contribution in [0.1, 0.15) is 62.1 Å². The molecule has 0 saturated carbocycles. The summed E-state index contributed by atoms with van der Waals surface area (Å²) >= 11 is 0. The van der Waals surface area contributed by atoms with Crippen molar-refractivity contribution in [2.24, 2.45) is 5.73 Å². The number of ether oxygens (including phenoxy) is 2. The minimum absolute atomic E-state index is 0.0451. The molecule has 2 N–H and O–H groups in total. The molecule has 200 valence electrons. The van der Waals surface area contributed by atoms with Crippen molar-refractivity contribution in [3.63, 3.8) is 0 Å². The molecule has 2 unspecified atom stereocenters. The maximum atomic E-state index is 15.0. The lowest BCUT2D eigenvalue weighted by Crippen LogP contribution is -2.58. The van der Waals surface area contributed by atoms with Crippen LogP contribution in [0.4, 0.5) is 5.69 Å². The quantitative estimate of drug-likeness (QED) is 0.509. The van der Waals surface area contributed by atoms with Gasteiger partial charge >= 0.3 is 11.6 Å². The Morgan fingerprint density at radius 3 is 2.44 bits per heavy atom. The summed E-state index contributed by atoms with van der Waals surface area (Å²) in [5, 5.41) is 0. The van der Waals surface area contributed by atoms with Crippen LogP contribution in [0.15, 0.2) is 75.3 Å². The Bertz CT molecular complexity index is 1650. The van der Waals surface area contributed by atoms with Gasteiger partial charge in [-0.05, 0) is 45.2 Å². The van der Waals surface area contributed by atoms with Crippen molar-refractivity contribution < 1.29 is 23.5 Å². The smallest absolute Gasteiger partial charge is 0.344 e. The van der Waals surface area contributed by atoms with Gasteiger partial charge in [-0.2, -0.15) is 0 Å². The molecule has 6 rings (SSSR count). The molecule has 8 heteroatoms. The summed E-state index contributed by atoms with van der Waals surface area (Å²) in [5.41, 5.74) is 5.44. The fourth-order valence-electron chi connectivity index (χ4n) is 7.02. The fourth-order valence-corrected chi connectivity index (χ4v) is 7.02. The Kier molecular flexibility index (Phi) is 5.18. The Labute approximate surface area is 226 Å². The van der Waals surface area contributed by atoms with E-state index in [1.165, 1.54) is 6.07 Å². The molecule has 2 aromatic carbocycles. The van der Waals surface area contributed by atoms with Crippen LogP contribution in [-0.2, 0) is 25.2 Å². The lowest BCUT2D eigenvalue weighted by Gasteiger charge is -2.50. The van der Waals surface area contributed by atoms with Crippen molar-refractivity contribution in [2.45, 2.75) is 57.4 Å². The largest absolute Gasteiger partial charge is 0.462 e. The van der Waals surface area contributed by atoms with Crippen LogP contribution in [0.25, 0.3) is 0 Å². The summed E-state index contributed by atoms with van der Waals surface area (Å²) in [6, 6.07) is 17.3. The molecule has 1 spiro atoms. The van der Waals surface area contributed by atoms with Crippen molar-refractivity contribution in [1.82, 2.24) is 0 Å². The average molecular weight is 527 g/mol. The van der Waals surface area contributed by atoms with Gasteiger partial charge < -0.3 is 24.5 Å². The molecule has 3 aromatic rings. The van der Waals surface area contributed by atoms with Crippen molar-refractivity contribution in [3.05, 3.63) is 104 Å². The molecule has 39 heavy (non-hydrogen) atoms. The normalized spacial score (nSPS) is 24.3. The number of benzene rings is 2. The number of amides is 1. The van der Waals surface area contributed by atoms with E-state index in [1.54, 1.807) is 24.8 Å². The van der Waals surface area contributed by atoms with Gasteiger partial charge in [-0.25, -0.2) is 9.59 Å². The van der Waals surface area contributed by atoms with Crippen LogP contribution in [0, 0.1) is 6.92 Å². The molecule has 3 aliphatic heterocycles. The molecule has 1 amide bonds. The van der Waals surface area contributed by atoms with Gasteiger partial charge in [-0.3, -0.25) is 4.79 Å². The zero-order chi connectivity index (χ0) is 27.9. The number of carbonyl (C=O) groups excluding carboxylic acids is 2. The molecule has 2 atom stereocenters. The lowest BCUT2D eigenvalue weighted by atomic mass is 9.64. The predicted molar refractivity (Wildman–Crippen MR) is 144 cm³/mol. The summed E-state index contributed by atoms with van der Waals surface area (Å²) in [4.78, 5) is 43.9. The number of para-hydroxylation sites is 1. The van der Waals surface area contributed by atoms with Gasteiger partial charge in [0, 0.05) is 22.6 Å². The van der Waals surface area contributed by atoms with Crippen LogP contribution < -0.4 is 21.0 Å². The monoisotopic (exact) mass is 526 g/mol. The highest BCUT2D eigenvalue weighted by atomic mass is 16.5. The van der Waals surface area contributed by atoms with Gasteiger partial charge in [0.05, 0.1) is 12.3 Å². The number of aryl methyl sites for hydroxylation is 1. The van der Waals surface area contributed by atoms with E-state index in [1.807, 2.05) is 44.2 Å². The van der Waals surface area contributed by atoms with E-state index < -0.39 is 33.9 Å². The first-order chi connectivity index (χ1) is 18.5. The third-order valence-corrected chi connectivity index (χ3v) is 8.32. The Morgan fingerprint density at radius 1 is 1.05 bits per heavy atom. The van der Waals surface area contributed by atoms with Gasteiger partial charge in [0.25, 0.3) is 0 Å². The maximum absolute atomic E-state index is 15.0. The highest BCUT2D eigenvalue weighted by Gasteiger charge is 2.67. The molecule has 0 saturated heterocycles. The second-order valence-electron chi connectivity index (χ2n) is 11.2. The highest BCUT2D eigenvalue weighted by Crippen LogP contribution is 2.62. The minimum atomic E-state index is -1.90. The molecule has 0 bridgehead atoms. The average Bonchev–Trinajstić information content (AvgIpc) is 3.12. The first-order valence-corrected chi connectivity index (χ1v) is 13.0. The molecule has 0 aliphatic carbocycles. The van der Waals surface area contributed by atoms with E-state index in [4.69, 9.17) is 19.6 Å². The Morgan fingerprint density at radius 2 is 1.74 bits per heavy atom. The molecule has 0 radical (unpaired) electrons. The van der Waals surface area contributed by atoms with Crippen LogP contribution in [-0.4, -0.2) is 24.0 Å². The number of esters is 1. The molecule has 4 heterocycles. The van der Waals surface area contributed by atoms with Crippen LogP contribution in [0.3, 0.4) is 0 Å². The number of rotatable bonds is 3. The topological polar surface area (TPSA) is 112 Å². The van der Waals surface area contributed by atoms with E-state index in [0.29, 0.717) is 23.4 Å². The van der Waals surface area contributed by atoms with Crippen LogP contribution in [0.2, 0.25) is 0 Å². The second-order valence-corrected chi connectivity index (χ2v) is 11.2. The van der Waals surface area contributed by atoms with Crippen LogP contribution >= 0.6 is 0 Å². The molecular weight excluding hydrogens is 496 g/mol. The van der Waals surface area contributed by atoms with Crippen molar-refractivity contribution >= 4 is 17.6 Å². The zero-order valence-corrected chi connectivity index (χ0v) is 22.6. The number of hydrogen-bond donors (Lipinski definition) is 1. The number of nitrogens with zero attached hydrogens (tertiary/aromatic N) is 1. The molecule has 0 fully saturated rings. The van der Waals surface area contributed by atoms with Gasteiger partial charge in [0.15, 0.2) is 0 Å². The second kappa shape index (κ2) is 8.09. The predicted octanol–water partition coefficient (Wildman–Crippen LogP) is 4.20. The summed E-state index contributed by atoms with van der Waals surface area (Å²) in [6.45, 7) is 9.48. The summed E-state index contributed by atoms with van der Waals surface area (Å²) < 4.78 is 16.7. The van der Waals surface area contributed by atoms with Crippen molar-refractivity contribution in [1.29, 1.82) is 0 Å².